The van der Waals surface area contributed by atoms with Crippen LogP contribution >= 0.6 is 0 Å². The number of hydrogen-bond acceptors (Lipinski definition) is 7. The predicted octanol–water partition coefficient (Wildman–Crippen LogP) is 5.93. The number of cyclic esters (lactones) is 1. The van der Waals surface area contributed by atoms with Gasteiger partial charge in [0.1, 0.15) is 19.3 Å². The van der Waals surface area contributed by atoms with Gasteiger partial charge in [0.2, 0.25) is 11.8 Å². The number of carbonyl (C=O) groups is 4. The van der Waals surface area contributed by atoms with Gasteiger partial charge >= 0.3 is 12.1 Å². The molecule has 4 aromatic rings. The number of aliphatic hydroxyl groups is 1. The van der Waals surface area contributed by atoms with Crippen molar-refractivity contribution >= 4 is 23.9 Å². The fourth-order valence-electron chi connectivity index (χ4n) is 7.16. The highest BCUT2D eigenvalue weighted by molar-refractivity contribution is 5.86. The number of aliphatic hydroxyl groups excluding tert-OH is 1. The normalized spacial score (nSPS) is 18.8. The number of fused-ring (bicyclic) bond motifs is 3. The van der Waals surface area contributed by atoms with Gasteiger partial charge in [-0.1, -0.05) is 121 Å². The second-order valence-electron chi connectivity index (χ2n) is 13.8. The Morgan fingerprint density at radius 2 is 1.46 bits per heavy atom. The number of rotatable bonds is 11. The molecule has 0 bridgehead atoms. The number of amides is 3. The Kier molecular flexibility index (Phi) is 13.3. The van der Waals surface area contributed by atoms with Gasteiger partial charge in [-0.3, -0.25) is 9.59 Å². The van der Waals surface area contributed by atoms with Crippen molar-refractivity contribution in [3.63, 3.8) is 0 Å². The molecule has 0 aromatic heterocycles. The Labute approximate surface area is 316 Å². The highest BCUT2D eigenvalue weighted by Crippen LogP contribution is 2.44. The summed E-state index contributed by atoms with van der Waals surface area (Å²) in [5.41, 5.74) is 6.26. The Bertz CT molecular complexity index is 1870. The first-order valence-corrected chi connectivity index (χ1v) is 18.6. The van der Waals surface area contributed by atoms with Crippen molar-refractivity contribution in [1.29, 1.82) is 0 Å². The van der Waals surface area contributed by atoms with Crippen LogP contribution in [0.15, 0.2) is 121 Å². The summed E-state index contributed by atoms with van der Waals surface area (Å²) >= 11 is 0. The van der Waals surface area contributed by atoms with Crippen LogP contribution in [0.2, 0.25) is 0 Å². The van der Waals surface area contributed by atoms with Gasteiger partial charge in [0.05, 0.1) is 18.6 Å². The van der Waals surface area contributed by atoms with Gasteiger partial charge in [-0.25, -0.2) is 9.59 Å². The molecule has 10 heteroatoms. The zero-order valence-corrected chi connectivity index (χ0v) is 30.3. The molecule has 10 nitrogen and oxygen atoms in total. The molecule has 3 amide bonds. The van der Waals surface area contributed by atoms with Crippen LogP contribution in [0.5, 0.6) is 0 Å². The van der Waals surface area contributed by atoms with E-state index >= 15 is 0 Å². The molecule has 0 radical (unpaired) electrons. The third-order valence-corrected chi connectivity index (χ3v) is 9.96. The monoisotopic (exact) mass is 729 g/mol. The van der Waals surface area contributed by atoms with Crippen LogP contribution < -0.4 is 10.6 Å². The van der Waals surface area contributed by atoms with E-state index in [0.717, 1.165) is 33.4 Å². The molecule has 0 saturated heterocycles. The van der Waals surface area contributed by atoms with E-state index in [2.05, 4.69) is 22.8 Å². The second-order valence-corrected chi connectivity index (χ2v) is 13.8. The summed E-state index contributed by atoms with van der Waals surface area (Å²) in [4.78, 5) is 55.7. The first-order chi connectivity index (χ1) is 26.4. The molecule has 4 aromatic carbocycles. The molecule has 1 aliphatic carbocycles. The molecule has 280 valence electrons. The zero-order chi connectivity index (χ0) is 37.7. The van der Waals surface area contributed by atoms with Crippen molar-refractivity contribution < 1.29 is 33.8 Å². The van der Waals surface area contributed by atoms with E-state index in [0.29, 0.717) is 19.4 Å². The maximum Gasteiger partial charge on any atom is 0.407 e. The summed E-state index contributed by atoms with van der Waals surface area (Å²) < 4.78 is 11.5. The summed E-state index contributed by atoms with van der Waals surface area (Å²) in [5.74, 6) is -2.04. The van der Waals surface area contributed by atoms with Crippen LogP contribution in [0.1, 0.15) is 53.9 Å². The average Bonchev–Trinajstić information content (AvgIpc) is 3.51. The smallest absolute Gasteiger partial charge is 0.407 e. The number of nitrogens with zero attached hydrogens (tertiary/aromatic N) is 1. The molecular formula is C44H47N3O7. The maximum atomic E-state index is 13.8. The second kappa shape index (κ2) is 18.8. The number of esters is 1. The van der Waals surface area contributed by atoms with Crippen molar-refractivity contribution in [3.05, 3.63) is 144 Å². The Hall–Kier alpha value is -5.74. The highest BCUT2D eigenvalue weighted by Gasteiger charge is 2.31. The van der Waals surface area contributed by atoms with Crippen molar-refractivity contribution in [3.8, 4) is 11.1 Å². The topological polar surface area (TPSA) is 134 Å². The molecule has 2 aliphatic rings. The third kappa shape index (κ3) is 10.0. The van der Waals surface area contributed by atoms with E-state index in [4.69, 9.17) is 9.47 Å². The largest absolute Gasteiger partial charge is 0.462 e. The van der Waals surface area contributed by atoms with E-state index in [1.54, 1.807) is 4.90 Å². The van der Waals surface area contributed by atoms with Gasteiger partial charge in [0.25, 0.3) is 0 Å². The Morgan fingerprint density at radius 3 is 2.13 bits per heavy atom. The van der Waals surface area contributed by atoms with Crippen LogP contribution in [-0.4, -0.2) is 72.3 Å². The van der Waals surface area contributed by atoms with Gasteiger partial charge in [-0.2, -0.15) is 0 Å². The van der Waals surface area contributed by atoms with E-state index < -0.39 is 30.1 Å². The molecule has 54 heavy (non-hydrogen) atoms. The lowest BCUT2D eigenvalue weighted by molar-refractivity contribution is -0.147. The summed E-state index contributed by atoms with van der Waals surface area (Å²) in [6.07, 6.45) is 4.22. The molecule has 3 N–H and O–H groups in total. The first-order valence-electron chi connectivity index (χ1n) is 18.6. The SMILES string of the molecule is O=C(N[C@H]1CCC=CC[C@H](CC(=O)N(CCO)Cc2ccccc2)C(=O)N[C@H](Cc2ccccc2)COC1=O)OCC1c2ccccc2-c2ccccc21. The quantitative estimate of drug-likeness (QED) is 0.129. The number of alkyl carbamates (subject to hydrolysis) is 1. The minimum absolute atomic E-state index is 0.0627. The summed E-state index contributed by atoms with van der Waals surface area (Å²) in [7, 11) is 0. The molecule has 1 heterocycles. The van der Waals surface area contributed by atoms with Crippen molar-refractivity contribution in [2.75, 3.05) is 26.4 Å². The zero-order valence-electron chi connectivity index (χ0n) is 30.3. The number of carbonyl (C=O) groups excluding carboxylic acids is 4. The summed E-state index contributed by atoms with van der Waals surface area (Å²) in [5, 5.41) is 15.5. The molecule has 6 rings (SSSR count). The standard InChI is InChI=1S/C44H47N3O7/c48-25-24-47(28-32-16-6-2-7-17-32)41(49)27-33-18-8-3-9-23-40(43(51)53-29-34(45-42(33)50)26-31-14-4-1-5-15-31)46-44(52)54-30-39-37-21-12-10-19-35(37)36-20-11-13-22-38(36)39/h1-8,10-17,19-22,33-34,39-40,48H,9,18,23-30H2,(H,45,50)(H,46,52)/t33-,34-,40+/m1/s1. The van der Waals surface area contributed by atoms with Crippen LogP contribution in [0.3, 0.4) is 0 Å². The molecule has 1 aliphatic heterocycles. The molecule has 0 fully saturated rings. The van der Waals surface area contributed by atoms with E-state index in [1.807, 2.05) is 109 Å². The molecule has 0 saturated carbocycles. The minimum Gasteiger partial charge on any atom is -0.462 e. The highest BCUT2D eigenvalue weighted by atomic mass is 16.6. The number of benzene rings is 4. The van der Waals surface area contributed by atoms with E-state index in [9.17, 15) is 24.3 Å². The van der Waals surface area contributed by atoms with Crippen molar-refractivity contribution in [2.24, 2.45) is 5.92 Å². The molecular weight excluding hydrogens is 682 g/mol. The van der Waals surface area contributed by atoms with Gasteiger partial charge < -0.3 is 30.1 Å². The van der Waals surface area contributed by atoms with Gasteiger partial charge in [-0.15, -0.1) is 0 Å². The van der Waals surface area contributed by atoms with E-state index in [1.165, 1.54) is 0 Å². The maximum absolute atomic E-state index is 13.8. The van der Waals surface area contributed by atoms with E-state index in [-0.39, 0.29) is 63.4 Å². The van der Waals surface area contributed by atoms with Gasteiger partial charge in [0.15, 0.2) is 0 Å². The predicted molar refractivity (Wildman–Crippen MR) is 205 cm³/mol. The van der Waals surface area contributed by atoms with Crippen LogP contribution in [0, 0.1) is 5.92 Å². The third-order valence-electron chi connectivity index (χ3n) is 9.96. The lowest BCUT2D eigenvalue weighted by atomic mass is 9.97. The fraction of sp³-hybridized carbons (Fsp3) is 0.318. The number of allylic oxidation sites excluding steroid dienone is 2. The molecule has 0 unspecified atom stereocenters. The Morgan fingerprint density at radius 1 is 0.833 bits per heavy atom. The number of ether oxygens (including phenoxy) is 2. The molecule has 3 atom stereocenters. The minimum atomic E-state index is -0.985. The van der Waals surface area contributed by atoms with Crippen LogP contribution in [-0.2, 0) is 36.8 Å². The van der Waals surface area contributed by atoms with Gasteiger partial charge in [-0.05, 0) is 59.1 Å². The number of nitrogens with one attached hydrogen (secondary N) is 2. The van der Waals surface area contributed by atoms with Crippen LogP contribution in [0.4, 0.5) is 4.79 Å². The number of hydrogen-bond donors (Lipinski definition) is 3. The summed E-state index contributed by atoms with van der Waals surface area (Å²) in [6, 6.07) is 33.6. The lowest BCUT2D eigenvalue weighted by Crippen LogP contribution is -2.47. The fourth-order valence-corrected chi connectivity index (χ4v) is 7.16. The van der Waals surface area contributed by atoms with Crippen LogP contribution in [0.25, 0.3) is 11.1 Å². The molecule has 0 spiro atoms. The average molecular weight is 730 g/mol. The lowest BCUT2D eigenvalue weighted by Gasteiger charge is -2.26. The van der Waals surface area contributed by atoms with Crippen molar-refractivity contribution in [2.45, 2.75) is 56.7 Å². The summed E-state index contributed by atoms with van der Waals surface area (Å²) in [6.45, 7) is 0.220. The Balaban J connectivity index is 1.14. The first kappa shape index (κ1) is 38.0. The van der Waals surface area contributed by atoms with Crippen molar-refractivity contribution in [1.82, 2.24) is 15.5 Å². The van der Waals surface area contributed by atoms with Gasteiger partial charge in [0, 0.05) is 25.4 Å².